The Labute approximate surface area is 55.1 Å². The van der Waals surface area contributed by atoms with E-state index < -0.39 is 0 Å². The molecule has 0 fully saturated rings. The Bertz CT molecular complexity index is 198. The van der Waals surface area contributed by atoms with Gasteiger partial charge in [-0.25, -0.2) is 0 Å². The summed E-state index contributed by atoms with van der Waals surface area (Å²) in [5.74, 6) is 0. The van der Waals surface area contributed by atoms with Crippen molar-refractivity contribution in [1.82, 2.24) is 0 Å². The number of aryl methyl sites for hydroxylation is 1. The largest absolute Gasteiger partial charge is 0.255 e. The molecule has 1 rings (SSSR count). The van der Waals surface area contributed by atoms with E-state index in [1.165, 1.54) is 5.56 Å². The van der Waals surface area contributed by atoms with Gasteiger partial charge in [0.1, 0.15) is 0 Å². The Morgan fingerprint density at radius 3 is 2.22 bits per heavy atom. The molecule has 45 valence electrons. The van der Waals surface area contributed by atoms with Gasteiger partial charge in [-0.05, 0) is 19.1 Å². The Kier molecular flexibility index (Phi) is 1.63. The van der Waals surface area contributed by atoms with Crippen molar-refractivity contribution in [1.29, 1.82) is 0 Å². The van der Waals surface area contributed by atoms with Gasteiger partial charge in [-0.3, -0.25) is 4.99 Å². The molecular formula is C8H8N. The van der Waals surface area contributed by atoms with Crippen LogP contribution in [0.1, 0.15) is 5.56 Å². The van der Waals surface area contributed by atoms with E-state index in [-0.39, 0.29) is 0 Å². The average Bonchev–Trinajstić information content (AvgIpc) is 1.90. The molecule has 0 aliphatic rings. The van der Waals surface area contributed by atoms with E-state index in [1.54, 1.807) is 0 Å². The third kappa shape index (κ3) is 1.39. The number of hydrogen-bond donors (Lipinski definition) is 0. The first-order valence-corrected chi connectivity index (χ1v) is 2.80. The SMILES string of the molecule is [CH]=Nc1ccc(C)cc1. The van der Waals surface area contributed by atoms with Crippen LogP contribution in [0.15, 0.2) is 29.3 Å². The minimum absolute atomic E-state index is 0.820. The molecule has 0 aromatic heterocycles. The lowest BCUT2D eigenvalue weighted by molar-refractivity contribution is 1.44. The number of rotatable bonds is 1. The number of benzene rings is 1. The van der Waals surface area contributed by atoms with Gasteiger partial charge in [0, 0.05) is 6.72 Å². The second-order valence-electron chi connectivity index (χ2n) is 1.96. The molecule has 1 nitrogen and oxygen atoms in total. The van der Waals surface area contributed by atoms with Crippen molar-refractivity contribution in [3.8, 4) is 0 Å². The Hall–Kier alpha value is -1.11. The summed E-state index contributed by atoms with van der Waals surface area (Å²) in [7, 11) is 0. The molecule has 1 heteroatoms. The molecule has 0 aliphatic heterocycles. The summed E-state index contributed by atoms with van der Waals surface area (Å²) in [6, 6.07) is 7.72. The first kappa shape index (κ1) is 6.02. The van der Waals surface area contributed by atoms with Crippen LogP contribution in [0.4, 0.5) is 5.69 Å². The predicted octanol–water partition coefficient (Wildman–Crippen LogP) is 2.20. The molecule has 0 saturated carbocycles. The molecule has 0 spiro atoms. The van der Waals surface area contributed by atoms with Crippen molar-refractivity contribution in [2.45, 2.75) is 6.92 Å². The molecule has 0 saturated heterocycles. The lowest BCUT2D eigenvalue weighted by atomic mass is 10.2. The van der Waals surface area contributed by atoms with Gasteiger partial charge in [-0.1, -0.05) is 17.7 Å². The third-order valence-electron chi connectivity index (χ3n) is 1.18. The Balaban J connectivity index is 3.01. The second kappa shape index (κ2) is 2.44. The van der Waals surface area contributed by atoms with Crippen molar-refractivity contribution < 1.29 is 0 Å². The molecule has 0 unspecified atom stereocenters. The zero-order valence-electron chi connectivity index (χ0n) is 5.33. The van der Waals surface area contributed by atoms with Crippen LogP contribution in [0.25, 0.3) is 0 Å². The molecule has 0 amide bonds. The highest BCUT2D eigenvalue weighted by Gasteiger charge is 1.83. The lowest BCUT2D eigenvalue weighted by Crippen LogP contribution is -1.66. The second-order valence-corrected chi connectivity index (χ2v) is 1.96. The van der Waals surface area contributed by atoms with E-state index in [0.717, 1.165) is 5.69 Å². The number of hydrogen-bond acceptors (Lipinski definition) is 1. The van der Waals surface area contributed by atoms with E-state index in [2.05, 4.69) is 4.99 Å². The fraction of sp³-hybridized carbons (Fsp3) is 0.125. The molecule has 1 radical (unpaired) electrons. The van der Waals surface area contributed by atoms with Crippen molar-refractivity contribution in [3.05, 3.63) is 29.8 Å². The van der Waals surface area contributed by atoms with Crippen LogP contribution >= 0.6 is 0 Å². The van der Waals surface area contributed by atoms with E-state index in [4.69, 9.17) is 6.72 Å². The average molecular weight is 118 g/mol. The monoisotopic (exact) mass is 118 g/mol. The Morgan fingerprint density at radius 1 is 1.22 bits per heavy atom. The van der Waals surface area contributed by atoms with Gasteiger partial charge in [0.05, 0.1) is 5.69 Å². The molecule has 1 aromatic carbocycles. The summed E-state index contributed by atoms with van der Waals surface area (Å²) in [4.78, 5) is 3.51. The first-order valence-electron chi connectivity index (χ1n) is 2.80. The maximum Gasteiger partial charge on any atom is 0.0630 e. The van der Waals surface area contributed by atoms with Crippen LogP contribution in [0.5, 0.6) is 0 Å². The summed E-state index contributed by atoms with van der Waals surface area (Å²) in [6.45, 7) is 7.05. The number of nitrogens with zero attached hydrogens (tertiary/aromatic N) is 1. The van der Waals surface area contributed by atoms with E-state index in [0.29, 0.717) is 0 Å². The molecule has 0 heterocycles. The van der Waals surface area contributed by atoms with E-state index >= 15 is 0 Å². The fourth-order valence-electron chi connectivity index (χ4n) is 0.631. The van der Waals surface area contributed by atoms with Gasteiger partial charge in [0.25, 0.3) is 0 Å². The van der Waals surface area contributed by atoms with E-state index in [1.807, 2.05) is 31.2 Å². The van der Waals surface area contributed by atoms with Gasteiger partial charge in [0.2, 0.25) is 0 Å². The number of aliphatic imine (C=N–C) groups is 1. The van der Waals surface area contributed by atoms with Crippen molar-refractivity contribution in [3.63, 3.8) is 0 Å². The van der Waals surface area contributed by atoms with Gasteiger partial charge < -0.3 is 0 Å². The smallest absolute Gasteiger partial charge is 0.0630 e. The summed E-state index contributed by atoms with van der Waals surface area (Å²) in [6.07, 6.45) is 0. The van der Waals surface area contributed by atoms with Gasteiger partial charge in [-0.15, -0.1) is 0 Å². The zero-order valence-corrected chi connectivity index (χ0v) is 5.33. The lowest BCUT2D eigenvalue weighted by Gasteiger charge is -1.90. The third-order valence-corrected chi connectivity index (χ3v) is 1.18. The van der Waals surface area contributed by atoms with Gasteiger partial charge in [-0.2, -0.15) is 0 Å². The van der Waals surface area contributed by atoms with Crippen LogP contribution in [0, 0.1) is 6.92 Å². The highest BCUT2D eigenvalue weighted by Crippen LogP contribution is 2.10. The van der Waals surface area contributed by atoms with Crippen LogP contribution < -0.4 is 0 Å². The van der Waals surface area contributed by atoms with Gasteiger partial charge >= 0.3 is 0 Å². The van der Waals surface area contributed by atoms with Crippen molar-refractivity contribution >= 4 is 12.4 Å². The maximum atomic E-state index is 5.02. The molecule has 9 heavy (non-hydrogen) atoms. The molecule has 0 N–H and O–H groups in total. The summed E-state index contributed by atoms with van der Waals surface area (Å²) in [5, 5.41) is 0. The minimum Gasteiger partial charge on any atom is -0.255 e. The summed E-state index contributed by atoms with van der Waals surface area (Å²) < 4.78 is 0. The molecule has 0 bridgehead atoms. The minimum atomic E-state index is 0.820. The molecule has 0 atom stereocenters. The standard InChI is InChI=1S/C8H8N/c1-7-3-5-8(9-2)6-4-7/h2-6H,1H3. The summed E-state index contributed by atoms with van der Waals surface area (Å²) >= 11 is 0. The zero-order chi connectivity index (χ0) is 6.69. The quantitative estimate of drug-likeness (QED) is 0.501. The fourth-order valence-corrected chi connectivity index (χ4v) is 0.631. The highest BCUT2D eigenvalue weighted by atomic mass is 14.7. The normalized spacial score (nSPS) is 9.00. The van der Waals surface area contributed by atoms with E-state index in [9.17, 15) is 0 Å². The maximum absolute atomic E-state index is 5.02. The highest BCUT2D eigenvalue weighted by molar-refractivity contribution is 5.45. The molecular weight excluding hydrogens is 110 g/mol. The predicted molar refractivity (Wildman–Crippen MR) is 39.3 cm³/mol. The van der Waals surface area contributed by atoms with Crippen LogP contribution in [-0.4, -0.2) is 6.72 Å². The topological polar surface area (TPSA) is 12.4 Å². The van der Waals surface area contributed by atoms with Crippen LogP contribution in [0.3, 0.4) is 0 Å². The summed E-state index contributed by atoms with van der Waals surface area (Å²) in [5.41, 5.74) is 2.04. The molecule has 1 aromatic rings. The Morgan fingerprint density at radius 2 is 1.78 bits per heavy atom. The van der Waals surface area contributed by atoms with Crippen LogP contribution in [-0.2, 0) is 0 Å². The van der Waals surface area contributed by atoms with Crippen LogP contribution in [0.2, 0.25) is 0 Å². The van der Waals surface area contributed by atoms with Crippen molar-refractivity contribution in [2.75, 3.05) is 0 Å². The first-order chi connectivity index (χ1) is 4.33. The van der Waals surface area contributed by atoms with Gasteiger partial charge in [0.15, 0.2) is 0 Å². The molecule has 0 aliphatic carbocycles. The van der Waals surface area contributed by atoms with Crippen molar-refractivity contribution in [2.24, 2.45) is 4.99 Å².